The van der Waals surface area contributed by atoms with Crippen LogP contribution in [0, 0.1) is 11.8 Å². The second kappa shape index (κ2) is 5.72. The van der Waals surface area contributed by atoms with E-state index in [1.165, 1.54) is 0 Å². The topological polar surface area (TPSA) is 55.1 Å². The van der Waals surface area contributed by atoms with E-state index in [2.05, 4.69) is 5.32 Å². The number of rotatable bonds is 4. The molecule has 0 aromatic rings. The fourth-order valence-corrected chi connectivity index (χ4v) is 1.32. The molecule has 1 aliphatic carbocycles. The first kappa shape index (κ1) is 15.5. The molecule has 0 aliphatic heterocycles. The maximum atomic E-state index is 12.2. The van der Waals surface area contributed by atoms with Crippen LogP contribution in [0.4, 0.5) is 13.2 Å². The van der Waals surface area contributed by atoms with Crippen molar-refractivity contribution in [3.8, 4) is 0 Å². The lowest BCUT2D eigenvalue weighted by Gasteiger charge is -2.20. The first-order chi connectivity index (χ1) is 6.86. The third-order valence-electron chi connectivity index (χ3n) is 2.66. The summed E-state index contributed by atoms with van der Waals surface area (Å²) in [4.78, 5) is 11.2. The third-order valence-corrected chi connectivity index (χ3v) is 2.66. The minimum Gasteiger partial charge on any atom is -0.351 e. The van der Waals surface area contributed by atoms with E-state index in [4.69, 9.17) is 5.73 Å². The molecule has 1 fully saturated rings. The summed E-state index contributed by atoms with van der Waals surface area (Å²) in [6.45, 7) is 1.05. The first-order valence-corrected chi connectivity index (χ1v) is 4.93. The largest absolute Gasteiger partial charge is 0.400 e. The zero-order valence-electron chi connectivity index (χ0n) is 8.88. The second-order valence-electron chi connectivity index (χ2n) is 3.95. The van der Waals surface area contributed by atoms with Gasteiger partial charge in [0.1, 0.15) is 5.92 Å². The van der Waals surface area contributed by atoms with Crippen LogP contribution in [0.15, 0.2) is 0 Å². The van der Waals surface area contributed by atoms with Crippen molar-refractivity contribution in [3.63, 3.8) is 0 Å². The Morgan fingerprint density at radius 3 is 2.31 bits per heavy atom. The van der Waals surface area contributed by atoms with E-state index in [0.717, 1.165) is 19.8 Å². The number of hydrogen-bond acceptors (Lipinski definition) is 2. The highest BCUT2D eigenvalue weighted by atomic mass is 35.5. The maximum Gasteiger partial charge on any atom is 0.400 e. The summed E-state index contributed by atoms with van der Waals surface area (Å²) in [5.41, 5.74) is 5.38. The molecule has 2 atom stereocenters. The normalized spacial score (nSPS) is 19.6. The Morgan fingerprint density at radius 1 is 1.50 bits per heavy atom. The molecule has 1 rings (SSSR count). The number of nitrogens with one attached hydrogen (secondary N) is 1. The van der Waals surface area contributed by atoms with E-state index in [-0.39, 0.29) is 30.9 Å². The van der Waals surface area contributed by atoms with Crippen molar-refractivity contribution in [2.75, 3.05) is 6.54 Å². The number of alkyl halides is 3. The average molecular weight is 261 g/mol. The van der Waals surface area contributed by atoms with Crippen LogP contribution in [-0.4, -0.2) is 24.7 Å². The Bertz CT molecular complexity index is 243. The molecule has 0 bridgehead atoms. The fraction of sp³-hybridized carbons (Fsp3) is 0.889. The minimum atomic E-state index is -4.48. The molecule has 1 saturated carbocycles. The van der Waals surface area contributed by atoms with Gasteiger partial charge < -0.3 is 11.1 Å². The molecule has 7 heteroatoms. The number of amides is 1. The minimum absolute atomic E-state index is 0. The van der Waals surface area contributed by atoms with Crippen molar-refractivity contribution in [1.29, 1.82) is 0 Å². The van der Waals surface area contributed by atoms with E-state index in [1.54, 1.807) is 0 Å². The van der Waals surface area contributed by atoms with Gasteiger partial charge in [-0.25, -0.2) is 0 Å². The van der Waals surface area contributed by atoms with E-state index >= 15 is 0 Å². The van der Waals surface area contributed by atoms with Gasteiger partial charge in [-0.3, -0.25) is 4.79 Å². The molecule has 0 aromatic carbocycles. The summed E-state index contributed by atoms with van der Waals surface area (Å²) in [7, 11) is 0. The summed E-state index contributed by atoms with van der Waals surface area (Å²) >= 11 is 0. The molecule has 1 aliphatic rings. The Morgan fingerprint density at radius 2 is 2.00 bits per heavy atom. The lowest BCUT2D eigenvalue weighted by molar-refractivity contribution is -0.179. The van der Waals surface area contributed by atoms with Crippen molar-refractivity contribution in [2.24, 2.45) is 17.6 Å². The van der Waals surface area contributed by atoms with Crippen LogP contribution in [0.5, 0.6) is 0 Å². The van der Waals surface area contributed by atoms with Crippen LogP contribution in [0.3, 0.4) is 0 Å². The predicted molar refractivity (Wildman–Crippen MR) is 56.2 cm³/mol. The number of carbonyl (C=O) groups is 1. The summed E-state index contributed by atoms with van der Waals surface area (Å²) in [6.07, 6.45) is -2.61. The average Bonchev–Trinajstić information content (AvgIpc) is 2.94. The van der Waals surface area contributed by atoms with Gasteiger partial charge in [-0.15, -0.1) is 12.4 Å². The molecule has 0 aromatic heterocycles. The van der Waals surface area contributed by atoms with Crippen molar-refractivity contribution in [2.45, 2.75) is 32.0 Å². The molecule has 3 N–H and O–H groups in total. The molecule has 96 valence electrons. The molecule has 0 spiro atoms. The quantitative estimate of drug-likeness (QED) is 0.804. The molecule has 0 heterocycles. The Balaban J connectivity index is 0.00000225. The van der Waals surface area contributed by atoms with Gasteiger partial charge in [0.25, 0.3) is 0 Å². The van der Waals surface area contributed by atoms with Crippen LogP contribution in [0.1, 0.15) is 19.8 Å². The molecule has 2 unspecified atom stereocenters. The monoisotopic (exact) mass is 260 g/mol. The van der Waals surface area contributed by atoms with Crippen LogP contribution in [0.25, 0.3) is 0 Å². The van der Waals surface area contributed by atoms with Crippen molar-refractivity contribution in [1.82, 2.24) is 5.32 Å². The van der Waals surface area contributed by atoms with E-state index in [0.29, 0.717) is 0 Å². The summed E-state index contributed by atoms with van der Waals surface area (Å²) < 4.78 is 36.5. The SMILES string of the molecule is CC(C(=O)NC(CN)C1CC1)C(F)(F)F.Cl. The second-order valence-corrected chi connectivity index (χ2v) is 3.95. The van der Waals surface area contributed by atoms with Crippen LogP contribution >= 0.6 is 12.4 Å². The lowest BCUT2D eigenvalue weighted by atomic mass is 10.1. The Kier molecular flexibility index (Phi) is 5.55. The summed E-state index contributed by atoms with van der Waals surface area (Å²) in [5.74, 6) is -2.69. The zero-order chi connectivity index (χ0) is 11.6. The number of nitrogens with two attached hydrogens (primary N) is 1. The highest BCUT2D eigenvalue weighted by Gasteiger charge is 2.42. The van der Waals surface area contributed by atoms with Gasteiger partial charge in [0.2, 0.25) is 5.91 Å². The zero-order valence-corrected chi connectivity index (χ0v) is 9.70. The maximum absolute atomic E-state index is 12.2. The van der Waals surface area contributed by atoms with Gasteiger partial charge in [0.05, 0.1) is 0 Å². The van der Waals surface area contributed by atoms with E-state index in [1.807, 2.05) is 0 Å². The molecule has 1 amide bonds. The van der Waals surface area contributed by atoms with Gasteiger partial charge in [0, 0.05) is 12.6 Å². The molecular weight excluding hydrogens is 245 g/mol. The molecule has 16 heavy (non-hydrogen) atoms. The van der Waals surface area contributed by atoms with Gasteiger partial charge in [-0.2, -0.15) is 13.2 Å². The van der Waals surface area contributed by atoms with Gasteiger partial charge in [-0.1, -0.05) is 0 Å². The highest BCUT2D eigenvalue weighted by Crippen LogP contribution is 2.33. The lowest BCUT2D eigenvalue weighted by Crippen LogP contribution is -2.46. The molecular formula is C9H16ClF3N2O. The molecule has 0 radical (unpaired) electrons. The standard InChI is InChI=1S/C9H15F3N2O.ClH/c1-5(9(10,11)12)8(15)14-7(4-13)6-2-3-6;/h5-7H,2-4,13H2,1H3,(H,14,15);1H. The summed E-state index contributed by atoms with van der Waals surface area (Å²) in [5, 5.41) is 2.35. The third kappa shape index (κ3) is 4.17. The van der Waals surface area contributed by atoms with Crippen molar-refractivity contribution >= 4 is 18.3 Å². The van der Waals surface area contributed by atoms with E-state index in [9.17, 15) is 18.0 Å². The van der Waals surface area contributed by atoms with Gasteiger partial charge in [0.15, 0.2) is 0 Å². The van der Waals surface area contributed by atoms with Gasteiger partial charge in [-0.05, 0) is 25.7 Å². The highest BCUT2D eigenvalue weighted by molar-refractivity contribution is 5.85. The van der Waals surface area contributed by atoms with Crippen molar-refractivity contribution in [3.05, 3.63) is 0 Å². The van der Waals surface area contributed by atoms with Crippen LogP contribution in [-0.2, 0) is 4.79 Å². The number of hydrogen-bond donors (Lipinski definition) is 2. The van der Waals surface area contributed by atoms with E-state index < -0.39 is 18.0 Å². The van der Waals surface area contributed by atoms with Crippen LogP contribution in [0.2, 0.25) is 0 Å². The first-order valence-electron chi connectivity index (χ1n) is 4.93. The number of halogens is 4. The smallest absolute Gasteiger partial charge is 0.351 e. The molecule has 0 saturated heterocycles. The number of carbonyl (C=O) groups excluding carboxylic acids is 1. The fourth-order valence-electron chi connectivity index (χ4n) is 1.32. The van der Waals surface area contributed by atoms with Crippen LogP contribution < -0.4 is 11.1 Å². The van der Waals surface area contributed by atoms with Gasteiger partial charge >= 0.3 is 6.18 Å². The summed E-state index contributed by atoms with van der Waals surface area (Å²) in [6, 6.07) is -0.303. The predicted octanol–water partition coefficient (Wildman–Crippen LogP) is 1.46. The van der Waals surface area contributed by atoms with Crippen molar-refractivity contribution < 1.29 is 18.0 Å². The Labute approximate surface area is 98.4 Å². The molecule has 3 nitrogen and oxygen atoms in total. The Hall–Kier alpha value is -0.490.